The SMILES string of the molecule is CN(CCc1ccncc1)Cc1cc(F)ccc1[N+](=O)[O-]. The molecular formula is C15H16FN3O2. The molecule has 0 atom stereocenters. The fraction of sp³-hybridized carbons (Fsp3) is 0.267. The van der Waals surface area contributed by atoms with Gasteiger partial charge < -0.3 is 4.90 Å². The Bertz CT molecular complexity index is 620. The third kappa shape index (κ3) is 4.32. The lowest BCUT2D eigenvalue weighted by molar-refractivity contribution is -0.385. The number of rotatable bonds is 6. The number of pyridine rings is 1. The molecule has 0 unspecified atom stereocenters. The number of likely N-dealkylation sites (N-methyl/N-ethyl adjacent to an activating group) is 1. The Labute approximate surface area is 122 Å². The topological polar surface area (TPSA) is 59.3 Å². The number of hydrogen-bond donors (Lipinski definition) is 0. The maximum absolute atomic E-state index is 13.3. The van der Waals surface area contributed by atoms with Crippen LogP contribution in [0.2, 0.25) is 0 Å². The summed E-state index contributed by atoms with van der Waals surface area (Å²) < 4.78 is 13.3. The maximum Gasteiger partial charge on any atom is 0.274 e. The number of nitro benzene ring substituents is 1. The van der Waals surface area contributed by atoms with Gasteiger partial charge in [-0.25, -0.2) is 4.39 Å². The van der Waals surface area contributed by atoms with Crippen LogP contribution in [-0.2, 0) is 13.0 Å². The van der Waals surface area contributed by atoms with Gasteiger partial charge in [0.05, 0.1) is 4.92 Å². The number of halogens is 1. The van der Waals surface area contributed by atoms with E-state index < -0.39 is 10.7 Å². The van der Waals surface area contributed by atoms with Crippen molar-refractivity contribution < 1.29 is 9.31 Å². The Balaban J connectivity index is 2.01. The molecule has 0 saturated heterocycles. The lowest BCUT2D eigenvalue weighted by Gasteiger charge is -2.16. The summed E-state index contributed by atoms with van der Waals surface area (Å²) in [7, 11) is 1.86. The Morgan fingerprint density at radius 2 is 2.00 bits per heavy atom. The third-order valence-electron chi connectivity index (χ3n) is 3.21. The predicted octanol–water partition coefficient (Wildman–Crippen LogP) is 2.80. The van der Waals surface area contributed by atoms with E-state index in [1.54, 1.807) is 12.4 Å². The zero-order valence-corrected chi connectivity index (χ0v) is 11.7. The molecule has 6 heteroatoms. The molecule has 0 N–H and O–H groups in total. The van der Waals surface area contributed by atoms with E-state index in [4.69, 9.17) is 0 Å². The zero-order chi connectivity index (χ0) is 15.2. The van der Waals surface area contributed by atoms with Crippen molar-refractivity contribution in [3.8, 4) is 0 Å². The first-order chi connectivity index (χ1) is 10.1. The van der Waals surface area contributed by atoms with Crippen molar-refractivity contribution >= 4 is 5.69 Å². The minimum atomic E-state index is -0.481. The summed E-state index contributed by atoms with van der Waals surface area (Å²) in [5.74, 6) is -0.460. The lowest BCUT2D eigenvalue weighted by Crippen LogP contribution is -2.21. The van der Waals surface area contributed by atoms with Crippen LogP contribution in [0.1, 0.15) is 11.1 Å². The van der Waals surface area contributed by atoms with Crippen LogP contribution in [0.15, 0.2) is 42.7 Å². The molecule has 0 bridgehead atoms. The first-order valence-electron chi connectivity index (χ1n) is 6.56. The number of nitro groups is 1. The normalized spacial score (nSPS) is 10.8. The second-order valence-electron chi connectivity index (χ2n) is 4.87. The van der Waals surface area contributed by atoms with Gasteiger partial charge in [0, 0.05) is 37.1 Å². The van der Waals surface area contributed by atoms with Crippen LogP contribution in [0, 0.1) is 15.9 Å². The van der Waals surface area contributed by atoms with Gasteiger partial charge in [-0.05, 0) is 43.3 Å². The molecule has 0 aliphatic carbocycles. The van der Waals surface area contributed by atoms with Gasteiger partial charge in [0.25, 0.3) is 5.69 Å². The van der Waals surface area contributed by atoms with Crippen molar-refractivity contribution in [2.24, 2.45) is 0 Å². The Kier molecular flexibility index (Phi) is 4.94. The molecule has 0 saturated carbocycles. The van der Waals surface area contributed by atoms with Crippen molar-refractivity contribution in [1.82, 2.24) is 9.88 Å². The van der Waals surface area contributed by atoms with Crippen LogP contribution in [0.25, 0.3) is 0 Å². The zero-order valence-electron chi connectivity index (χ0n) is 11.7. The van der Waals surface area contributed by atoms with Crippen LogP contribution >= 0.6 is 0 Å². The van der Waals surface area contributed by atoms with E-state index >= 15 is 0 Å². The van der Waals surface area contributed by atoms with Crippen molar-refractivity contribution in [3.63, 3.8) is 0 Å². The van der Waals surface area contributed by atoms with Crippen LogP contribution in [0.4, 0.5) is 10.1 Å². The smallest absolute Gasteiger partial charge is 0.274 e. The number of hydrogen-bond acceptors (Lipinski definition) is 4. The Morgan fingerprint density at radius 1 is 1.29 bits per heavy atom. The molecule has 0 aliphatic rings. The summed E-state index contributed by atoms with van der Waals surface area (Å²) in [5, 5.41) is 11.0. The summed E-state index contributed by atoms with van der Waals surface area (Å²) in [6.07, 6.45) is 4.27. The fourth-order valence-electron chi connectivity index (χ4n) is 2.10. The van der Waals surface area contributed by atoms with E-state index in [0.717, 1.165) is 24.6 Å². The molecule has 0 fully saturated rings. The quantitative estimate of drug-likeness (QED) is 0.606. The molecule has 110 valence electrons. The van der Waals surface area contributed by atoms with E-state index in [9.17, 15) is 14.5 Å². The van der Waals surface area contributed by atoms with Crippen LogP contribution in [0.5, 0.6) is 0 Å². The van der Waals surface area contributed by atoms with Gasteiger partial charge in [0.15, 0.2) is 0 Å². The third-order valence-corrected chi connectivity index (χ3v) is 3.21. The van der Waals surface area contributed by atoms with Crippen molar-refractivity contribution in [1.29, 1.82) is 0 Å². The standard InChI is InChI=1S/C15H16FN3O2/c1-18(9-6-12-4-7-17-8-5-12)11-13-10-14(16)2-3-15(13)19(20)21/h2-5,7-8,10H,6,9,11H2,1H3. The number of aromatic nitrogens is 1. The molecule has 0 aliphatic heterocycles. The van der Waals surface area contributed by atoms with Gasteiger partial charge in [-0.1, -0.05) is 0 Å². The molecule has 0 radical (unpaired) electrons. The van der Waals surface area contributed by atoms with Gasteiger partial charge in [0.2, 0.25) is 0 Å². The summed E-state index contributed by atoms with van der Waals surface area (Å²) >= 11 is 0. The van der Waals surface area contributed by atoms with Crippen LogP contribution in [-0.4, -0.2) is 28.4 Å². The second-order valence-corrected chi connectivity index (χ2v) is 4.87. The average Bonchev–Trinajstić information content (AvgIpc) is 2.46. The highest BCUT2D eigenvalue weighted by Gasteiger charge is 2.15. The van der Waals surface area contributed by atoms with Gasteiger partial charge in [-0.3, -0.25) is 15.1 Å². The Hall–Kier alpha value is -2.34. The minimum Gasteiger partial charge on any atom is -0.302 e. The molecule has 1 heterocycles. The molecule has 2 aromatic rings. The Morgan fingerprint density at radius 3 is 2.67 bits per heavy atom. The van der Waals surface area contributed by atoms with Crippen LogP contribution < -0.4 is 0 Å². The summed E-state index contributed by atoms with van der Waals surface area (Å²) in [6.45, 7) is 1.05. The molecule has 0 spiro atoms. The van der Waals surface area contributed by atoms with Crippen LogP contribution in [0.3, 0.4) is 0 Å². The van der Waals surface area contributed by atoms with E-state index in [-0.39, 0.29) is 5.69 Å². The minimum absolute atomic E-state index is 0.0489. The number of benzene rings is 1. The highest BCUT2D eigenvalue weighted by molar-refractivity contribution is 5.40. The molecular weight excluding hydrogens is 273 g/mol. The van der Waals surface area contributed by atoms with Gasteiger partial charge in [0.1, 0.15) is 5.82 Å². The lowest BCUT2D eigenvalue weighted by atomic mass is 10.1. The maximum atomic E-state index is 13.3. The van der Waals surface area contributed by atoms with E-state index in [1.807, 2.05) is 24.1 Å². The van der Waals surface area contributed by atoms with Gasteiger partial charge >= 0.3 is 0 Å². The molecule has 1 aromatic carbocycles. The van der Waals surface area contributed by atoms with E-state index in [2.05, 4.69) is 4.98 Å². The van der Waals surface area contributed by atoms with Gasteiger partial charge in [-0.2, -0.15) is 0 Å². The average molecular weight is 289 g/mol. The molecule has 2 rings (SSSR count). The number of nitrogens with zero attached hydrogens (tertiary/aromatic N) is 3. The molecule has 1 aromatic heterocycles. The molecule has 5 nitrogen and oxygen atoms in total. The molecule has 21 heavy (non-hydrogen) atoms. The fourth-order valence-corrected chi connectivity index (χ4v) is 2.10. The van der Waals surface area contributed by atoms with Crippen molar-refractivity contribution in [3.05, 3.63) is 69.8 Å². The monoisotopic (exact) mass is 289 g/mol. The molecule has 0 amide bonds. The van der Waals surface area contributed by atoms with Crippen molar-refractivity contribution in [2.75, 3.05) is 13.6 Å². The summed E-state index contributed by atoms with van der Waals surface area (Å²) in [6, 6.07) is 7.40. The van der Waals surface area contributed by atoms with E-state index in [0.29, 0.717) is 12.1 Å². The first kappa shape index (κ1) is 15.1. The van der Waals surface area contributed by atoms with E-state index in [1.165, 1.54) is 12.1 Å². The largest absolute Gasteiger partial charge is 0.302 e. The highest BCUT2D eigenvalue weighted by Crippen LogP contribution is 2.20. The first-order valence-corrected chi connectivity index (χ1v) is 6.56. The van der Waals surface area contributed by atoms with Crippen molar-refractivity contribution in [2.45, 2.75) is 13.0 Å². The summed E-state index contributed by atoms with van der Waals surface area (Å²) in [4.78, 5) is 16.4. The summed E-state index contributed by atoms with van der Waals surface area (Å²) in [5.41, 5.74) is 1.48. The highest BCUT2D eigenvalue weighted by atomic mass is 19.1. The second kappa shape index (κ2) is 6.90. The predicted molar refractivity (Wildman–Crippen MR) is 77.3 cm³/mol. The van der Waals surface area contributed by atoms with Gasteiger partial charge in [-0.15, -0.1) is 0 Å².